The molecule has 0 fully saturated rings. The standard InChI is InChI=1S/C22H22F2N6O.C20H18F2N6O.C18H12F2N6O2.C18H13F2N5O2.C18H14FN5O2/c1-22(2,3)25-10-12-6-4-9-15-18(12)29-20(27-15)19-16(11-26-30-19)28-21(31)17-13(23)7-5-8-14(17)24;1-28(2)10-11-5-3-8-14-17(11)26-19(24-14)18-15(9-23-27-18)25-20(29)16-12(21)6-4-7-13(16)22;19-9-2-1-3-10(20)14(9)18(28)25-13-7-22-26-15(13)17-23-11-5-4-8(16(21)27)6-12(11)24-17;19-10-2-1-3-11(20)15(10)18(27)24-14-7-21-25-16(14)17-22-12-5-4-9(8-26)6-13(12)23-17;1-26-10-6-7-12(19)11(8-10)18(25)23-15-9-20-24-16(15)17-21-13-4-2-3-5-14(13)22-17/h4-9,11,25H,10H2,1-3H3,(H,26,30)(H,27,29)(H,28,31);3-9H,10H2,1-2H3,(H,23,27)(H,24,26)(H,25,29);1-7H,(H2,21,27)(H,22,26)(H,23,24)(H,25,28);1-7,26H,8H2,(H,21,25)(H,22,23)(H,24,27);2-9H,1H3,(H,20,24)(H,21,22)(H,23,25). The van der Waals surface area contributed by atoms with Crippen LogP contribution in [0.2, 0.25) is 0 Å². The van der Waals surface area contributed by atoms with Crippen molar-refractivity contribution < 1.29 is 78.1 Å². The van der Waals surface area contributed by atoms with Crippen molar-refractivity contribution in [3.05, 3.63) is 321 Å². The van der Waals surface area contributed by atoms with Gasteiger partial charge in [0.1, 0.15) is 109 Å². The summed E-state index contributed by atoms with van der Waals surface area (Å²) in [5, 5.41) is 58.5. The predicted molar refractivity (Wildman–Crippen MR) is 505 cm³/mol. The fraction of sp³-hybridized carbons (Fsp3) is 0.104. The van der Waals surface area contributed by atoms with E-state index in [1.165, 1.54) is 92.7 Å². The highest BCUT2D eigenvalue weighted by molar-refractivity contribution is 6.10. The molecule has 141 heavy (non-hydrogen) atoms. The normalized spacial score (nSPS) is 11.2. The van der Waals surface area contributed by atoms with Crippen molar-refractivity contribution in [2.45, 2.75) is 46.0 Å². The van der Waals surface area contributed by atoms with Crippen LogP contribution in [0.3, 0.4) is 0 Å². The van der Waals surface area contributed by atoms with Gasteiger partial charge in [-0.2, -0.15) is 25.5 Å². The van der Waals surface area contributed by atoms with Crippen molar-refractivity contribution in [2.75, 3.05) is 47.8 Å². The molecule has 19 N–H and O–H groups in total. The summed E-state index contributed by atoms with van der Waals surface area (Å²) in [5.41, 5.74) is 15.9. The number of nitrogens with zero attached hydrogens (tertiary/aromatic N) is 11. The summed E-state index contributed by atoms with van der Waals surface area (Å²) in [6.07, 6.45) is 6.77. The number of benzene rings is 10. The van der Waals surface area contributed by atoms with Gasteiger partial charge in [-0.25, -0.2) is 64.4 Å². The van der Waals surface area contributed by atoms with Gasteiger partial charge in [0, 0.05) is 24.2 Å². The number of carbonyl (C=O) groups excluding carboxylic acids is 6. The van der Waals surface area contributed by atoms with Crippen LogP contribution in [-0.4, -0.2) is 173 Å². The summed E-state index contributed by atoms with van der Waals surface area (Å²) in [7, 11) is 5.39. The molecule has 0 aliphatic heterocycles. The monoisotopic (exact) mass is 1920 g/mol. The molecule has 20 aromatic rings. The third-order valence-electron chi connectivity index (χ3n) is 21.2. The third-order valence-corrected chi connectivity index (χ3v) is 21.2. The number of primary amides is 1. The number of aliphatic hydroxyl groups excluding tert-OH is 1. The van der Waals surface area contributed by atoms with Crippen molar-refractivity contribution in [1.82, 2.24) is 111 Å². The summed E-state index contributed by atoms with van der Waals surface area (Å²) < 4.78 is 130. The topological polar surface area (TPSA) is 520 Å². The number of nitrogens with two attached hydrogens (primary N) is 1. The molecule has 0 saturated heterocycles. The average Bonchev–Trinajstić information content (AvgIpc) is 1.65. The number of imidazole rings is 5. The summed E-state index contributed by atoms with van der Waals surface area (Å²) >= 11 is 0. The highest BCUT2D eigenvalue weighted by atomic mass is 19.2. The highest BCUT2D eigenvalue weighted by Gasteiger charge is 2.29. The second kappa shape index (κ2) is 41.4. The van der Waals surface area contributed by atoms with Crippen LogP contribution >= 0.6 is 0 Å². The van der Waals surface area contributed by atoms with Crippen LogP contribution in [0.4, 0.5) is 68.0 Å². The van der Waals surface area contributed by atoms with Crippen LogP contribution in [0, 0.1) is 52.4 Å². The maximum atomic E-state index is 14.0. The summed E-state index contributed by atoms with van der Waals surface area (Å²) in [6, 6.07) is 45.9. The molecule has 10 aromatic carbocycles. The number of aromatic amines is 10. The molecule has 45 heteroatoms. The zero-order chi connectivity index (χ0) is 99.6. The molecular weight excluding hydrogens is 1840 g/mol. The number of aliphatic hydroxyl groups is 1. The van der Waals surface area contributed by atoms with Crippen LogP contribution in [0.1, 0.15) is 99.6 Å². The number of H-pyrrole nitrogens is 10. The van der Waals surface area contributed by atoms with Crippen LogP contribution in [0.25, 0.3) is 113 Å². The number of methoxy groups -OCH3 is 1. The molecule has 0 aliphatic carbocycles. The van der Waals surface area contributed by atoms with Gasteiger partial charge in [0.05, 0.1) is 134 Å². The molecule has 0 saturated carbocycles. The number of aromatic nitrogens is 20. The van der Waals surface area contributed by atoms with E-state index in [-0.39, 0.29) is 40.5 Å². The minimum absolute atomic E-state index is 0.0515. The van der Waals surface area contributed by atoms with E-state index in [4.69, 9.17) is 10.5 Å². The first-order chi connectivity index (χ1) is 67.8. The van der Waals surface area contributed by atoms with Crippen LogP contribution < -0.4 is 42.4 Å². The number of ether oxygens (including phenoxy) is 1. The first kappa shape index (κ1) is 95.6. The SMILES string of the molecule is CC(C)(C)NCc1cccc2[nH]c(-c3[nH]ncc3NC(=O)c3c(F)cccc3F)nc12.CN(C)Cc1cccc2[nH]c(-c3[nH]ncc3NC(=O)c3c(F)cccc3F)nc12.COc1ccc(F)c(C(=O)Nc2cn[nH]c2-c2nc3ccccc3[nH]2)c1.NC(=O)c1ccc2nc(-c3[nH]ncc3NC(=O)c3c(F)cccc3F)[nH]c2c1.O=C(Nc1cn[nH]c1-c1nc2ccc(CO)cc2[nH]1)c1c(F)cccc1F. The van der Waals surface area contributed by atoms with Gasteiger partial charge >= 0.3 is 0 Å². The first-order valence-corrected chi connectivity index (χ1v) is 42.4. The van der Waals surface area contributed by atoms with E-state index in [1.807, 2.05) is 79.7 Å². The zero-order valence-electron chi connectivity index (χ0n) is 74.6. The second-order valence-electron chi connectivity index (χ2n) is 32.3. The zero-order valence-corrected chi connectivity index (χ0v) is 74.6. The Bertz CT molecular complexity index is 7990. The van der Waals surface area contributed by atoms with Crippen molar-refractivity contribution in [2.24, 2.45) is 5.73 Å². The number of anilines is 5. The Hall–Kier alpha value is -18.5. The molecule has 0 aliphatic rings. The number of nitrogens with one attached hydrogen (secondary N) is 16. The molecule has 6 amide bonds. The maximum Gasteiger partial charge on any atom is 0.261 e. The van der Waals surface area contributed by atoms with Crippen molar-refractivity contribution in [3.8, 4) is 63.3 Å². The molecule has 10 aromatic heterocycles. The third kappa shape index (κ3) is 21.6. The lowest BCUT2D eigenvalue weighted by atomic mass is 10.1. The van der Waals surface area contributed by atoms with E-state index in [0.717, 1.165) is 92.8 Å². The van der Waals surface area contributed by atoms with Gasteiger partial charge < -0.3 is 77.3 Å². The van der Waals surface area contributed by atoms with Gasteiger partial charge in [0.15, 0.2) is 29.1 Å². The molecule has 0 bridgehead atoms. The number of amides is 6. The molecule has 10 heterocycles. The fourth-order valence-corrected chi connectivity index (χ4v) is 14.4. The summed E-state index contributed by atoms with van der Waals surface area (Å²) in [6.45, 7) is 7.48. The van der Waals surface area contributed by atoms with Crippen molar-refractivity contribution in [3.63, 3.8) is 0 Å². The minimum atomic E-state index is -0.981. The number of hydrogen-bond donors (Lipinski definition) is 18. The lowest BCUT2D eigenvalue weighted by molar-refractivity contribution is 0.0994. The molecule has 0 spiro atoms. The number of fused-ring (bicyclic) bond motifs is 5. The molecule has 0 atom stereocenters. The van der Waals surface area contributed by atoms with Crippen LogP contribution in [-0.2, 0) is 19.7 Å². The largest absolute Gasteiger partial charge is 0.497 e. The summed E-state index contributed by atoms with van der Waals surface area (Å²) in [5.74, 6) is -10.7. The van der Waals surface area contributed by atoms with E-state index < -0.39 is 110 Å². The first-order valence-electron chi connectivity index (χ1n) is 42.4. The average molecular weight is 1920 g/mol. The van der Waals surface area contributed by atoms with Gasteiger partial charge in [-0.05, 0) is 173 Å². The molecular formula is C96H79F9N28O8. The van der Waals surface area contributed by atoms with Crippen molar-refractivity contribution >= 4 is 119 Å². The smallest absolute Gasteiger partial charge is 0.261 e. The van der Waals surface area contributed by atoms with Crippen LogP contribution in [0.5, 0.6) is 5.75 Å². The Balaban J connectivity index is 0.000000127. The number of halogens is 9. The number of hydrogen-bond acceptors (Lipinski definition) is 20. The van der Waals surface area contributed by atoms with E-state index in [0.29, 0.717) is 115 Å². The van der Waals surface area contributed by atoms with Gasteiger partial charge in [-0.15, -0.1) is 0 Å². The van der Waals surface area contributed by atoms with Gasteiger partial charge in [-0.3, -0.25) is 54.3 Å². The Morgan fingerprint density at radius 1 is 0.376 bits per heavy atom. The molecule has 714 valence electrons. The van der Waals surface area contributed by atoms with Crippen molar-refractivity contribution in [1.29, 1.82) is 0 Å². The van der Waals surface area contributed by atoms with Gasteiger partial charge in [-0.1, -0.05) is 66.7 Å². The summed E-state index contributed by atoms with van der Waals surface area (Å²) in [4.78, 5) is 113. The predicted octanol–water partition coefficient (Wildman–Crippen LogP) is 16.8. The quantitative estimate of drug-likeness (QED) is 0.0280. The highest BCUT2D eigenvalue weighted by Crippen LogP contribution is 2.35. The van der Waals surface area contributed by atoms with E-state index >= 15 is 0 Å². The lowest BCUT2D eigenvalue weighted by Gasteiger charge is -2.20. The Morgan fingerprint density at radius 3 is 1.10 bits per heavy atom. The Kier molecular flexibility index (Phi) is 28.0. The van der Waals surface area contributed by atoms with Crippen LogP contribution in [0.15, 0.2) is 219 Å². The van der Waals surface area contributed by atoms with E-state index in [2.05, 4.69) is 153 Å². The maximum absolute atomic E-state index is 14.0. The van der Waals surface area contributed by atoms with Gasteiger partial charge in [0.25, 0.3) is 29.5 Å². The number of carbonyl (C=O) groups is 6. The molecule has 20 rings (SSSR count). The number of rotatable bonds is 22. The molecule has 0 radical (unpaired) electrons. The minimum Gasteiger partial charge on any atom is -0.497 e. The van der Waals surface area contributed by atoms with E-state index in [1.54, 1.807) is 24.3 Å². The van der Waals surface area contributed by atoms with Gasteiger partial charge in [0.2, 0.25) is 5.91 Å². The van der Waals surface area contributed by atoms with E-state index in [9.17, 15) is 73.4 Å². The molecule has 36 nitrogen and oxygen atoms in total. The lowest BCUT2D eigenvalue weighted by Crippen LogP contribution is -2.35. The Morgan fingerprint density at radius 2 is 0.716 bits per heavy atom. The number of para-hydroxylation sites is 4. The second-order valence-corrected chi connectivity index (χ2v) is 32.3. The Labute approximate surface area is 788 Å². The fourth-order valence-electron chi connectivity index (χ4n) is 14.4. The molecule has 0 unspecified atom stereocenters.